The summed E-state index contributed by atoms with van der Waals surface area (Å²) in [5, 5.41) is 0. The molecule has 2 N–H and O–H groups in total. The van der Waals surface area contributed by atoms with Crippen LogP contribution in [0.4, 0.5) is 17.6 Å². The normalized spacial score (nSPS) is 45.9. The molecule has 5 heteroatoms. The molecule has 0 saturated heterocycles. The number of hydrogen-bond donors (Lipinski definition) is 1. The largest absolute Gasteiger partial charge is 0.327 e. The maximum absolute atomic E-state index is 14.5. The Morgan fingerprint density at radius 3 is 1.90 bits per heavy atom. The molecule has 3 unspecified atom stereocenters. The van der Waals surface area contributed by atoms with E-state index < -0.39 is 29.7 Å². The van der Waals surface area contributed by atoms with Gasteiger partial charge in [-0.05, 0) is 56.8 Å². The summed E-state index contributed by atoms with van der Waals surface area (Å²) in [4.78, 5) is 0. The van der Waals surface area contributed by atoms with Gasteiger partial charge in [0.2, 0.25) is 0 Å². The number of alkyl halides is 4. The molecule has 0 aromatic rings. The SMILES string of the molecule is NC1CC2CCC1C(F)(F)CC1CCC(CC1)C(F)(F)C2. The van der Waals surface area contributed by atoms with E-state index in [0.717, 1.165) is 0 Å². The first-order valence-corrected chi connectivity index (χ1v) is 8.29. The first-order chi connectivity index (χ1) is 9.78. The molecule has 122 valence electrons. The van der Waals surface area contributed by atoms with E-state index in [0.29, 0.717) is 44.9 Å². The maximum Gasteiger partial charge on any atom is 0.252 e. The van der Waals surface area contributed by atoms with Gasteiger partial charge in [-0.2, -0.15) is 0 Å². The maximum atomic E-state index is 14.5. The third-order valence-corrected chi connectivity index (χ3v) is 6.12. The molecule has 6 aliphatic rings. The van der Waals surface area contributed by atoms with E-state index >= 15 is 0 Å². The van der Waals surface area contributed by atoms with Crippen LogP contribution in [-0.4, -0.2) is 17.9 Å². The van der Waals surface area contributed by atoms with Gasteiger partial charge in [-0.25, -0.2) is 17.6 Å². The van der Waals surface area contributed by atoms with Gasteiger partial charge < -0.3 is 5.73 Å². The van der Waals surface area contributed by atoms with E-state index in [1.54, 1.807) is 0 Å². The van der Waals surface area contributed by atoms with Crippen molar-refractivity contribution in [3.05, 3.63) is 0 Å². The summed E-state index contributed by atoms with van der Waals surface area (Å²) in [6, 6.07) is -0.632. The van der Waals surface area contributed by atoms with Crippen LogP contribution in [-0.2, 0) is 0 Å². The van der Waals surface area contributed by atoms with Gasteiger partial charge in [-0.15, -0.1) is 0 Å². The quantitative estimate of drug-likeness (QED) is 0.650. The minimum absolute atomic E-state index is 0.114. The van der Waals surface area contributed by atoms with Crippen molar-refractivity contribution in [1.82, 2.24) is 0 Å². The van der Waals surface area contributed by atoms with Crippen molar-refractivity contribution >= 4 is 0 Å². The van der Waals surface area contributed by atoms with E-state index in [-0.39, 0.29) is 24.7 Å². The molecular weight excluding hydrogens is 282 g/mol. The lowest BCUT2D eigenvalue weighted by Gasteiger charge is -2.44. The van der Waals surface area contributed by atoms with Crippen molar-refractivity contribution in [1.29, 1.82) is 0 Å². The Morgan fingerprint density at radius 2 is 1.29 bits per heavy atom. The number of halogens is 4. The molecular formula is C16H25F4N. The minimum Gasteiger partial charge on any atom is -0.327 e. The van der Waals surface area contributed by atoms with Gasteiger partial charge in [0.1, 0.15) is 0 Å². The molecule has 0 heterocycles. The van der Waals surface area contributed by atoms with Crippen LogP contribution in [0.3, 0.4) is 0 Å². The molecule has 0 aliphatic heterocycles. The fourth-order valence-corrected chi connectivity index (χ4v) is 4.88. The zero-order valence-electron chi connectivity index (χ0n) is 12.3. The Bertz CT molecular complexity index is 376. The van der Waals surface area contributed by atoms with Gasteiger partial charge in [0.05, 0.1) is 0 Å². The highest BCUT2D eigenvalue weighted by atomic mass is 19.3. The van der Waals surface area contributed by atoms with E-state index in [1.807, 2.05) is 0 Å². The zero-order valence-corrected chi connectivity index (χ0v) is 12.3. The van der Waals surface area contributed by atoms with E-state index in [1.165, 1.54) is 0 Å². The van der Waals surface area contributed by atoms with Crippen LogP contribution < -0.4 is 5.73 Å². The van der Waals surface area contributed by atoms with Crippen LogP contribution >= 0.6 is 0 Å². The third kappa shape index (κ3) is 3.08. The molecule has 0 aromatic heterocycles. The average Bonchev–Trinajstić information content (AvgIpc) is 2.37. The smallest absolute Gasteiger partial charge is 0.252 e. The standard InChI is InChI=1S/C16H25F4N/c17-15(18)9-11-3-6-13(14(21)7-11)16(19,20)8-10-1-4-12(15)5-2-10/h10-14H,1-9,21H2. The van der Waals surface area contributed by atoms with Crippen molar-refractivity contribution in [3.63, 3.8) is 0 Å². The molecule has 6 saturated carbocycles. The second-order valence-electron chi connectivity index (χ2n) is 7.60. The van der Waals surface area contributed by atoms with Crippen LogP contribution in [0.2, 0.25) is 0 Å². The Morgan fingerprint density at radius 1 is 0.714 bits per heavy atom. The van der Waals surface area contributed by atoms with Crippen LogP contribution in [0.1, 0.15) is 57.8 Å². The summed E-state index contributed by atoms with van der Waals surface area (Å²) in [7, 11) is 0. The molecule has 6 rings (SSSR count). The fraction of sp³-hybridized carbons (Fsp3) is 1.00. The molecule has 6 fully saturated rings. The van der Waals surface area contributed by atoms with Crippen LogP contribution in [0.5, 0.6) is 0 Å². The topological polar surface area (TPSA) is 26.0 Å². The molecule has 0 spiro atoms. The number of rotatable bonds is 0. The monoisotopic (exact) mass is 307 g/mol. The molecule has 0 amide bonds. The van der Waals surface area contributed by atoms with Crippen LogP contribution in [0, 0.1) is 23.7 Å². The van der Waals surface area contributed by atoms with Crippen LogP contribution in [0.25, 0.3) is 0 Å². The molecule has 0 radical (unpaired) electrons. The highest BCUT2D eigenvalue weighted by Gasteiger charge is 2.51. The summed E-state index contributed by atoms with van der Waals surface area (Å²) >= 11 is 0. The van der Waals surface area contributed by atoms with Gasteiger partial charge >= 0.3 is 0 Å². The molecule has 4 bridgehead atoms. The van der Waals surface area contributed by atoms with Crippen molar-refractivity contribution in [2.24, 2.45) is 29.4 Å². The van der Waals surface area contributed by atoms with Gasteiger partial charge in [-0.1, -0.05) is 0 Å². The van der Waals surface area contributed by atoms with Crippen LogP contribution in [0.15, 0.2) is 0 Å². The Kier molecular flexibility index (Phi) is 4.00. The lowest BCUT2D eigenvalue weighted by molar-refractivity contribution is -0.134. The predicted molar refractivity (Wildman–Crippen MR) is 73.4 cm³/mol. The third-order valence-electron chi connectivity index (χ3n) is 6.12. The Labute approximate surface area is 123 Å². The lowest BCUT2D eigenvalue weighted by Crippen LogP contribution is -2.49. The van der Waals surface area contributed by atoms with Crippen molar-refractivity contribution < 1.29 is 17.6 Å². The summed E-state index contributed by atoms with van der Waals surface area (Å²) in [5.41, 5.74) is 5.94. The summed E-state index contributed by atoms with van der Waals surface area (Å²) in [6.07, 6.45) is 2.61. The van der Waals surface area contributed by atoms with E-state index in [2.05, 4.69) is 0 Å². The second-order valence-corrected chi connectivity index (χ2v) is 7.60. The molecule has 1 nitrogen and oxygen atoms in total. The fourth-order valence-electron chi connectivity index (χ4n) is 4.88. The number of hydrogen-bond acceptors (Lipinski definition) is 1. The predicted octanol–water partition coefficient (Wildman–Crippen LogP) is 4.60. The highest BCUT2D eigenvalue weighted by molar-refractivity contribution is 4.96. The Balaban J connectivity index is 1.85. The minimum atomic E-state index is -2.73. The van der Waals surface area contributed by atoms with Crippen molar-refractivity contribution in [2.75, 3.05) is 0 Å². The second kappa shape index (κ2) is 5.39. The average molecular weight is 307 g/mol. The van der Waals surface area contributed by atoms with Gasteiger partial charge in [0, 0.05) is 30.7 Å². The van der Waals surface area contributed by atoms with Crippen molar-refractivity contribution in [2.45, 2.75) is 75.7 Å². The Hall–Kier alpha value is -0.320. The first-order valence-electron chi connectivity index (χ1n) is 8.29. The zero-order chi connectivity index (χ0) is 15.3. The molecule has 3 atom stereocenters. The highest BCUT2D eigenvalue weighted by Crippen LogP contribution is 2.50. The number of nitrogens with two attached hydrogens (primary N) is 1. The first kappa shape index (κ1) is 15.6. The summed E-state index contributed by atoms with van der Waals surface area (Å²) in [6.45, 7) is 0. The van der Waals surface area contributed by atoms with E-state index in [9.17, 15) is 17.6 Å². The summed E-state index contributed by atoms with van der Waals surface area (Å²) < 4.78 is 57.9. The van der Waals surface area contributed by atoms with Gasteiger partial charge in [-0.3, -0.25) is 0 Å². The van der Waals surface area contributed by atoms with Gasteiger partial charge in [0.15, 0.2) is 0 Å². The van der Waals surface area contributed by atoms with Crippen molar-refractivity contribution in [3.8, 4) is 0 Å². The molecule has 0 aromatic carbocycles. The molecule has 6 aliphatic carbocycles. The van der Waals surface area contributed by atoms with Gasteiger partial charge in [0.25, 0.3) is 11.8 Å². The summed E-state index contributed by atoms with van der Waals surface area (Å²) in [5.74, 6) is -7.13. The molecule has 21 heavy (non-hydrogen) atoms. The lowest BCUT2D eigenvalue weighted by atomic mass is 9.67. The van der Waals surface area contributed by atoms with E-state index in [4.69, 9.17) is 5.73 Å².